The number of benzene rings is 1. The van der Waals surface area contributed by atoms with Crippen molar-refractivity contribution in [1.82, 2.24) is 9.36 Å². The topological polar surface area (TPSA) is 35.0 Å². The van der Waals surface area contributed by atoms with Crippen molar-refractivity contribution >= 4 is 27.5 Å². The molecule has 0 spiro atoms. The quantitative estimate of drug-likeness (QED) is 0.865. The number of halogens is 2. The maximum atomic E-state index is 13.0. The first kappa shape index (κ1) is 11.5. The van der Waals surface area contributed by atoms with E-state index in [9.17, 15) is 4.39 Å². The second-order valence-electron chi connectivity index (χ2n) is 3.01. The standard InChI is InChI=1S/C10H8BrFN2OS/c1-2-9-13-10(16-14-9)15-8-5-6(12)3-4-7(8)11/h3-5H,2H2,1H3. The van der Waals surface area contributed by atoms with Gasteiger partial charge in [-0.3, -0.25) is 0 Å². The predicted octanol–water partition coefficient (Wildman–Crippen LogP) is 3.79. The molecular weight excluding hydrogens is 295 g/mol. The van der Waals surface area contributed by atoms with Crippen LogP contribution in [-0.4, -0.2) is 9.36 Å². The van der Waals surface area contributed by atoms with Crippen molar-refractivity contribution in [2.24, 2.45) is 0 Å². The molecule has 0 bridgehead atoms. The zero-order valence-corrected chi connectivity index (χ0v) is 10.8. The lowest BCUT2D eigenvalue weighted by atomic mass is 10.3. The van der Waals surface area contributed by atoms with Crippen LogP contribution in [-0.2, 0) is 6.42 Å². The zero-order chi connectivity index (χ0) is 11.5. The number of nitrogens with zero attached hydrogens (tertiary/aromatic N) is 2. The summed E-state index contributed by atoms with van der Waals surface area (Å²) in [6.45, 7) is 1.96. The normalized spacial score (nSPS) is 10.4. The monoisotopic (exact) mass is 302 g/mol. The Morgan fingerprint density at radius 3 is 3.00 bits per heavy atom. The highest BCUT2D eigenvalue weighted by Crippen LogP contribution is 2.30. The Balaban J connectivity index is 2.22. The number of aromatic nitrogens is 2. The van der Waals surface area contributed by atoms with E-state index in [0.29, 0.717) is 15.4 Å². The molecule has 0 atom stereocenters. The molecule has 1 heterocycles. The van der Waals surface area contributed by atoms with Gasteiger partial charge in [-0.15, -0.1) is 0 Å². The average molecular weight is 303 g/mol. The fourth-order valence-electron chi connectivity index (χ4n) is 1.07. The van der Waals surface area contributed by atoms with Gasteiger partial charge in [-0.2, -0.15) is 9.36 Å². The van der Waals surface area contributed by atoms with Crippen LogP contribution >= 0.6 is 27.5 Å². The molecule has 84 valence electrons. The van der Waals surface area contributed by atoms with Crippen LogP contribution in [0.15, 0.2) is 22.7 Å². The third kappa shape index (κ3) is 2.56. The number of hydrogen-bond acceptors (Lipinski definition) is 4. The molecule has 6 heteroatoms. The molecule has 0 radical (unpaired) electrons. The van der Waals surface area contributed by atoms with E-state index in [1.165, 1.54) is 12.1 Å². The van der Waals surface area contributed by atoms with Crippen LogP contribution in [0.4, 0.5) is 4.39 Å². The van der Waals surface area contributed by atoms with Crippen molar-refractivity contribution in [1.29, 1.82) is 0 Å². The van der Waals surface area contributed by atoms with Crippen LogP contribution in [0, 0.1) is 5.82 Å². The van der Waals surface area contributed by atoms with Gasteiger partial charge in [0.15, 0.2) is 0 Å². The molecule has 0 saturated heterocycles. The molecule has 1 aromatic carbocycles. The van der Waals surface area contributed by atoms with E-state index in [2.05, 4.69) is 25.3 Å². The first-order chi connectivity index (χ1) is 7.69. The lowest BCUT2D eigenvalue weighted by Gasteiger charge is -2.03. The van der Waals surface area contributed by atoms with Gasteiger partial charge in [-0.1, -0.05) is 6.92 Å². The summed E-state index contributed by atoms with van der Waals surface area (Å²) in [4.78, 5) is 4.14. The summed E-state index contributed by atoms with van der Waals surface area (Å²) in [5.41, 5.74) is 0. The predicted molar refractivity (Wildman–Crippen MR) is 63.5 cm³/mol. The minimum atomic E-state index is -0.349. The van der Waals surface area contributed by atoms with Gasteiger partial charge in [-0.25, -0.2) is 4.39 Å². The van der Waals surface area contributed by atoms with Crippen molar-refractivity contribution in [3.63, 3.8) is 0 Å². The third-order valence-corrected chi connectivity index (χ3v) is 3.14. The summed E-state index contributed by atoms with van der Waals surface area (Å²) >= 11 is 4.43. The van der Waals surface area contributed by atoms with Crippen LogP contribution < -0.4 is 4.74 Å². The van der Waals surface area contributed by atoms with Crippen molar-refractivity contribution in [3.05, 3.63) is 34.3 Å². The van der Waals surface area contributed by atoms with Gasteiger partial charge < -0.3 is 4.74 Å². The molecule has 0 amide bonds. The van der Waals surface area contributed by atoms with E-state index >= 15 is 0 Å². The Labute approximate surface area is 105 Å². The lowest BCUT2D eigenvalue weighted by molar-refractivity contribution is 0.468. The van der Waals surface area contributed by atoms with Crippen molar-refractivity contribution in [3.8, 4) is 10.9 Å². The summed E-state index contributed by atoms with van der Waals surface area (Å²) in [5, 5.41) is 0.420. The second kappa shape index (κ2) is 4.88. The van der Waals surface area contributed by atoms with E-state index in [4.69, 9.17) is 4.74 Å². The Hall–Kier alpha value is -1.01. The van der Waals surface area contributed by atoms with E-state index in [0.717, 1.165) is 23.8 Å². The molecule has 0 aliphatic heterocycles. The first-order valence-electron chi connectivity index (χ1n) is 4.64. The van der Waals surface area contributed by atoms with Crippen LogP contribution in [0.2, 0.25) is 0 Å². The summed E-state index contributed by atoms with van der Waals surface area (Å²) in [7, 11) is 0. The molecular formula is C10H8BrFN2OS. The maximum Gasteiger partial charge on any atom is 0.298 e. The molecule has 3 nitrogen and oxygen atoms in total. The van der Waals surface area contributed by atoms with Crippen molar-refractivity contribution < 1.29 is 9.13 Å². The van der Waals surface area contributed by atoms with E-state index in [1.54, 1.807) is 6.07 Å². The van der Waals surface area contributed by atoms with E-state index < -0.39 is 0 Å². The molecule has 0 fully saturated rings. The summed E-state index contributed by atoms with van der Waals surface area (Å²) < 4.78 is 23.2. The zero-order valence-electron chi connectivity index (χ0n) is 8.41. The SMILES string of the molecule is CCc1nsc(Oc2cc(F)ccc2Br)n1. The minimum absolute atomic E-state index is 0.349. The van der Waals surface area contributed by atoms with Gasteiger partial charge in [0, 0.05) is 24.0 Å². The molecule has 0 saturated carbocycles. The smallest absolute Gasteiger partial charge is 0.298 e. The fraction of sp³-hybridized carbons (Fsp3) is 0.200. The van der Waals surface area contributed by atoms with Crippen molar-refractivity contribution in [2.75, 3.05) is 0 Å². The number of ether oxygens (including phenoxy) is 1. The molecule has 0 unspecified atom stereocenters. The Kier molecular flexibility index (Phi) is 3.50. The number of hydrogen-bond donors (Lipinski definition) is 0. The summed E-state index contributed by atoms with van der Waals surface area (Å²) in [5.74, 6) is 0.782. The Morgan fingerprint density at radius 2 is 2.31 bits per heavy atom. The number of aryl methyl sites for hydroxylation is 1. The highest BCUT2D eigenvalue weighted by atomic mass is 79.9. The molecule has 0 N–H and O–H groups in total. The van der Waals surface area contributed by atoms with Crippen LogP contribution in [0.3, 0.4) is 0 Å². The molecule has 0 aliphatic carbocycles. The van der Waals surface area contributed by atoms with Gasteiger partial charge in [0.25, 0.3) is 5.19 Å². The maximum absolute atomic E-state index is 13.0. The molecule has 16 heavy (non-hydrogen) atoms. The fourth-order valence-corrected chi connectivity index (χ4v) is 2.03. The van der Waals surface area contributed by atoms with Gasteiger partial charge >= 0.3 is 0 Å². The van der Waals surface area contributed by atoms with Gasteiger partial charge in [0.1, 0.15) is 17.4 Å². The van der Waals surface area contributed by atoms with Crippen LogP contribution in [0.25, 0.3) is 0 Å². The highest BCUT2D eigenvalue weighted by Gasteiger charge is 2.08. The molecule has 2 aromatic rings. The average Bonchev–Trinajstić information content (AvgIpc) is 2.71. The van der Waals surface area contributed by atoms with Gasteiger partial charge in [-0.05, 0) is 28.1 Å². The van der Waals surface area contributed by atoms with E-state index in [1.807, 2.05) is 6.92 Å². The molecule has 2 rings (SSSR count). The largest absolute Gasteiger partial charge is 0.429 e. The summed E-state index contributed by atoms with van der Waals surface area (Å²) in [6, 6.07) is 4.25. The Bertz CT molecular complexity index is 503. The molecule has 0 aliphatic rings. The van der Waals surface area contributed by atoms with Crippen molar-refractivity contribution in [2.45, 2.75) is 13.3 Å². The summed E-state index contributed by atoms with van der Waals surface area (Å²) in [6.07, 6.45) is 0.754. The minimum Gasteiger partial charge on any atom is -0.429 e. The van der Waals surface area contributed by atoms with Crippen LogP contribution in [0.1, 0.15) is 12.7 Å². The lowest BCUT2D eigenvalue weighted by Crippen LogP contribution is -1.87. The molecule has 1 aromatic heterocycles. The van der Waals surface area contributed by atoms with Crippen LogP contribution in [0.5, 0.6) is 10.9 Å². The first-order valence-corrected chi connectivity index (χ1v) is 6.21. The Morgan fingerprint density at radius 1 is 1.50 bits per heavy atom. The second-order valence-corrected chi connectivity index (χ2v) is 4.58. The highest BCUT2D eigenvalue weighted by molar-refractivity contribution is 9.10. The van der Waals surface area contributed by atoms with Gasteiger partial charge in [0.2, 0.25) is 0 Å². The number of rotatable bonds is 3. The third-order valence-electron chi connectivity index (χ3n) is 1.86. The van der Waals surface area contributed by atoms with Gasteiger partial charge in [0.05, 0.1) is 4.47 Å². The van der Waals surface area contributed by atoms with E-state index in [-0.39, 0.29) is 5.82 Å².